The van der Waals surface area contributed by atoms with E-state index in [9.17, 15) is 18.8 Å². The third-order valence-electron chi connectivity index (χ3n) is 4.72. The molecule has 1 amide bonds. The standard InChI is InChI=1S/C25H16ClFN2O4S/c26-17-9-5-16(6-10-17)23(31)19-3-1-2-4-20(19)24(32)33-13-22(30)29-25-28-21(14-34-25)15-7-11-18(27)12-8-15/h1-12,14H,13H2,(H,28,29,30). The number of amides is 1. The number of hydrogen-bond acceptors (Lipinski definition) is 6. The zero-order valence-corrected chi connectivity index (χ0v) is 19.0. The number of ether oxygens (including phenoxy) is 1. The molecular weight excluding hydrogens is 479 g/mol. The highest BCUT2D eigenvalue weighted by atomic mass is 35.5. The van der Waals surface area contributed by atoms with Crippen LogP contribution >= 0.6 is 22.9 Å². The average molecular weight is 495 g/mol. The fourth-order valence-electron chi connectivity index (χ4n) is 3.06. The number of anilines is 1. The first-order valence-electron chi connectivity index (χ1n) is 9.98. The Hall–Kier alpha value is -3.88. The molecule has 0 bridgehead atoms. The maximum Gasteiger partial charge on any atom is 0.339 e. The maximum absolute atomic E-state index is 13.1. The predicted octanol–water partition coefficient (Wildman–Crippen LogP) is 5.63. The maximum atomic E-state index is 13.1. The monoisotopic (exact) mass is 494 g/mol. The van der Waals surface area contributed by atoms with E-state index in [0.717, 1.165) is 0 Å². The molecule has 170 valence electrons. The normalized spacial score (nSPS) is 10.5. The van der Waals surface area contributed by atoms with Crippen molar-refractivity contribution in [2.45, 2.75) is 0 Å². The molecule has 0 spiro atoms. The Morgan fingerprint density at radius 1 is 0.941 bits per heavy atom. The number of ketones is 1. The summed E-state index contributed by atoms with van der Waals surface area (Å²) in [6.07, 6.45) is 0. The van der Waals surface area contributed by atoms with Crippen molar-refractivity contribution in [2.24, 2.45) is 0 Å². The van der Waals surface area contributed by atoms with Gasteiger partial charge in [0.2, 0.25) is 0 Å². The van der Waals surface area contributed by atoms with Gasteiger partial charge in [0.1, 0.15) is 5.82 Å². The van der Waals surface area contributed by atoms with Crippen molar-refractivity contribution in [3.63, 3.8) is 0 Å². The minimum atomic E-state index is -0.806. The molecule has 0 aliphatic carbocycles. The van der Waals surface area contributed by atoms with E-state index >= 15 is 0 Å². The van der Waals surface area contributed by atoms with Crippen LogP contribution in [0.1, 0.15) is 26.3 Å². The number of esters is 1. The molecule has 1 aromatic heterocycles. The summed E-state index contributed by atoms with van der Waals surface area (Å²) in [5, 5.41) is 5.06. The van der Waals surface area contributed by atoms with E-state index in [-0.39, 0.29) is 22.7 Å². The van der Waals surface area contributed by atoms with Gasteiger partial charge in [-0.15, -0.1) is 11.3 Å². The molecular formula is C25H16ClFN2O4S. The summed E-state index contributed by atoms with van der Waals surface area (Å²) in [7, 11) is 0. The van der Waals surface area contributed by atoms with Crippen LogP contribution in [0, 0.1) is 5.82 Å². The highest BCUT2D eigenvalue weighted by Crippen LogP contribution is 2.25. The smallest absolute Gasteiger partial charge is 0.339 e. The molecule has 0 atom stereocenters. The van der Waals surface area contributed by atoms with Crippen LogP contribution in [0.25, 0.3) is 11.3 Å². The Labute approximate surface area is 203 Å². The lowest BCUT2D eigenvalue weighted by Crippen LogP contribution is -2.22. The second-order valence-electron chi connectivity index (χ2n) is 7.05. The minimum absolute atomic E-state index is 0.0445. The van der Waals surface area contributed by atoms with Gasteiger partial charge < -0.3 is 4.74 Å². The Kier molecular flexibility index (Phi) is 7.10. The molecule has 0 saturated heterocycles. The van der Waals surface area contributed by atoms with E-state index in [1.165, 1.54) is 35.6 Å². The lowest BCUT2D eigenvalue weighted by atomic mass is 9.98. The number of thiazole rings is 1. The van der Waals surface area contributed by atoms with Crippen molar-refractivity contribution in [3.05, 3.63) is 106 Å². The SMILES string of the molecule is O=C(COC(=O)c1ccccc1C(=O)c1ccc(Cl)cc1)Nc1nc(-c2ccc(F)cc2)cs1. The van der Waals surface area contributed by atoms with Crippen LogP contribution in [0.15, 0.2) is 78.2 Å². The molecule has 1 N–H and O–H groups in total. The topological polar surface area (TPSA) is 85.4 Å². The van der Waals surface area contributed by atoms with E-state index in [0.29, 0.717) is 27.0 Å². The van der Waals surface area contributed by atoms with Gasteiger partial charge in [-0.05, 0) is 54.6 Å². The number of rotatable bonds is 7. The first-order valence-corrected chi connectivity index (χ1v) is 11.2. The Bertz CT molecular complexity index is 1350. The fourth-order valence-corrected chi connectivity index (χ4v) is 3.93. The number of hydrogen-bond donors (Lipinski definition) is 1. The van der Waals surface area contributed by atoms with Gasteiger partial charge in [0, 0.05) is 27.1 Å². The number of benzene rings is 3. The van der Waals surface area contributed by atoms with E-state index in [4.69, 9.17) is 16.3 Å². The molecule has 0 fully saturated rings. The third-order valence-corrected chi connectivity index (χ3v) is 5.73. The molecule has 4 aromatic rings. The number of aromatic nitrogens is 1. The molecule has 3 aromatic carbocycles. The zero-order valence-electron chi connectivity index (χ0n) is 17.5. The summed E-state index contributed by atoms with van der Waals surface area (Å²) < 4.78 is 18.2. The first kappa shape index (κ1) is 23.3. The fraction of sp³-hybridized carbons (Fsp3) is 0.0400. The predicted molar refractivity (Wildman–Crippen MR) is 128 cm³/mol. The van der Waals surface area contributed by atoms with Crippen molar-refractivity contribution >= 4 is 45.7 Å². The second-order valence-corrected chi connectivity index (χ2v) is 8.35. The Balaban J connectivity index is 1.39. The van der Waals surface area contributed by atoms with Gasteiger partial charge in [-0.1, -0.05) is 29.8 Å². The van der Waals surface area contributed by atoms with Gasteiger partial charge in [-0.2, -0.15) is 0 Å². The molecule has 4 rings (SSSR count). The van der Waals surface area contributed by atoms with E-state index < -0.39 is 18.5 Å². The molecule has 0 aliphatic heterocycles. The van der Waals surface area contributed by atoms with Crippen LogP contribution in [0.3, 0.4) is 0 Å². The summed E-state index contributed by atoms with van der Waals surface area (Å²) in [4.78, 5) is 42.0. The lowest BCUT2D eigenvalue weighted by Gasteiger charge is -2.09. The van der Waals surface area contributed by atoms with Gasteiger partial charge in [0.15, 0.2) is 17.5 Å². The molecule has 6 nitrogen and oxygen atoms in total. The van der Waals surface area contributed by atoms with Crippen molar-refractivity contribution in [2.75, 3.05) is 11.9 Å². The van der Waals surface area contributed by atoms with Gasteiger partial charge in [-0.25, -0.2) is 14.2 Å². The van der Waals surface area contributed by atoms with Crippen LogP contribution in [0.4, 0.5) is 9.52 Å². The Morgan fingerprint density at radius 2 is 1.62 bits per heavy atom. The molecule has 1 heterocycles. The van der Waals surface area contributed by atoms with Crippen LogP contribution in [0.5, 0.6) is 0 Å². The van der Waals surface area contributed by atoms with Crippen LogP contribution in [-0.4, -0.2) is 29.3 Å². The molecule has 0 saturated carbocycles. The second kappa shape index (κ2) is 10.4. The number of nitrogens with one attached hydrogen (secondary N) is 1. The highest BCUT2D eigenvalue weighted by molar-refractivity contribution is 7.14. The van der Waals surface area contributed by atoms with E-state index in [2.05, 4.69) is 10.3 Å². The van der Waals surface area contributed by atoms with Crippen LogP contribution in [0.2, 0.25) is 5.02 Å². The number of nitrogens with zero attached hydrogens (tertiary/aromatic N) is 1. The zero-order chi connectivity index (χ0) is 24.1. The van der Waals surface area contributed by atoms with Gasteiger partial charge in [0.05, 0.1) is 11.3 Å². The summed E-state index contributed by atoms with van der Waals surface area (Å²) in [5.41, 5.74) is 1.84. The summed E-state index contributed by atoms with van der Waals surface area (Å²) in [6.45, 7) is -0.562. The quantitative estimate of drug-likeness (QED) is 0.266. The number of carbonyl (C=O) groups is 3. The molecule has 0 unspecified atom stereocenters. The lowest BCUT2D eigenvalue weighted by molar-refractivity contribution is -0.119. The molecule has 34 heavy (non-hydrogen) atoms. The summed E-state index contributed by atoms with van der Waals surface area (Å²) in [5.74, 6) is -2.12. The van der Waals surface area contributed by atoms with Crippen LogP contribution in [-0.2, 0) is 9.53 Å². The minimum Gasteiger partial charge on any atom is -0.452 e. The van der Waals surface area contributed by atoms with Gasteiger partial charge >= 0.3 is 5.97 Å². The summed E-state index contributed by atoms with van der Waals surface area (Å²) >= 11 is 7.05. The molecule has 9 heteroatoms. The van der Waals surface area contributed by atoms with Crippen molar-refractivity contribution in [3.8, 4) is 11.3 Å². The van der Waals surface area contributed by atoms with Crippen molar-refractivity contribution < 1.29 is 23.5 Å². The largest absolute Gasteiger partial charge is 0.452 e. The van der Waals surface area contributed by atoms with E-state index in [1.807, 2.05) is 0 Å². The average Bonchev–Trinajstić information content (AvgIpc) is 3.31. The van der Waals surface area contributed by atoms with Gasteiger partial charge in [0.25, 0.3) is 5.91 Å². The van der Waals surface area contributed by atoms with Crippen LogP contribution < -0.4 is 5.32 Å². The van der Waals surface area contributed by atoms with Crippen molar-refractivity contribution in [1.82, 2.24) is 4.98 Å². The third kappa shape index (κ3) is 5.54. The summed E-state index contributed by atoms with van der Waals surface area (Å²) in [6, 6.07) is 18.3. The van der Waals surface area contributed by atoms with E-state index in [1.54, 1.807) is 53.9 Å². The highest BCUT2D eigenvalue weighted by Gasteiger charge is 2.20. The Morgan fingerprint density at radius 3 is 2.32 bits per heavy atom. The molecule has 0 radical (unpaired) electrons. The van der Waals surface area contributed by atoms with Gasteiger partial charge in [-0.3, -0.25) is 14.9 Å². The van der Waals surface area contributed by atoms with Crippen molar-refractivity contribution in [1.29, 1.82) is 0 Å². The number of halogens is 2. The first-order chi connectivity index (χ1) is 16.4. The molecule has 0 aliphatic rings. The number of carbonyl (C=O) groups excluding carboxylic acids is 3.